The molecule has 3 rings (SSSR count). The van der Waals surface area contributed by atoms with Crippen LogP contribution in [0.15, 0.2) is 65.1 Å². The molecule has 0 radical (unpaired) electrons. The molecule has 0 aliphatic carbocycles. The summed E-state index contributed by atoms with van der Waals surface area (Å²) in [6.45, 7) is 4.37. The molecule has 0 saturated heterocycles. The lowest BCUT2D eigenvalue weighted by molar-refractivity contribution is -0.142. The van der Waals surface area contributed by atoms with Gasteiger partial charge in [0.2, 0.25) is 5.91 Å². The number of carbonyl (C=O) groups is 2. The minimum absolute atomic E-state index is 0.198. The van der Waals surface area contributed by atoms with Crippen molar-refractivity contribution in [3.05, 3.63) is 75.7 Å². The van der Waals surface area contributed by atoms with Crippen molar-refractivity contribution >= 4 is 50.1 Å². The van der Waals surface area contributed by atoms with Crippen LogP contribution in [-0.4, -0.2) is 35.9 Å². The highest BCUT2D eigenvalue weighted by molar-refractivity contribution is 9.10. The molecule has 0 saturated carbocycles. The van der Waals surface area contributed by atoms with Crippen LogP contribution in [0.4, 0.5) is 0 Å². The lowest BCUT2D eigenvalue weighted by atomic mass is 10.1. The Morgan fingerprint density at radius 1 is 1.09 bits per heavy atom. The van der Waals surface area contributed by atoms with Crippen molar-refractivity contribution < 1.29 is 14.3 Å². The van der Waals surface area contributed by atoms with Gasteiger partial charge in [-0.25, -0.2) is 0 Å². The fourth-order valence-corrected chi connectivity index (χ4v) is 4.28. The zero-order chi connectivity index (χ0) is 23.8. The first kappa shape index (κ1) is 25.1. The molecule has 0 aliphatic rings. The van der Waals surface area contributed by atoms with E-state index in [9.17, 15) is 9.59 Å². The second kappa shape index (κ2) is 12.1. The lowest BCUT2D eigenvalue weighted by Gasteiger charge is -2.29. The van der Waals surface area contributed by atoms with Gasteiger partial charge in [0.15, 0.2) is 6.61 Å². The lowest BCUT2D eigenvalue weighted by Crippen LogP contribution is -2.49. The van der Waals surface area contributed by atoms with Gasteiger partial charge in [-0.1, -0.05) is 73.5 Å². The number of hydrogen-bond acceptors (Lipinski definition) is 3. The molecule has 7 heteroatoms. The van der Waals surface area contributed by atoms with E-state index in [4.69, 9.17) is 16.3 Å². The molecular weight excluding hydrogens is 504 g/mol. The molecular formula is C26H28BrClN2O3. The summed E-state index contributed by atoms with van der Waals surface area (Å²) in [6, 6.07) is 18.3. The summed E-state index contributed by atoms with van der Waals surface area (Å²) in [5, 5.41) is 5.53. The molecule has 0 heterocycles. The third-order valence-electron chi connectivity index (χ3n) is 5.47. The van der Waals surface area contributed by atoms with Crippen molar-refractivity contribution in [1.82, 2.24) is 10.2 Å². The van der Waals surface area contributed by atoms with Gasteiger partial charge in [-0.05, 0) is 57.7 Å². The van der Waals surface area contributed by atoms with Crippen LogP contribution in [0.25, 0.3) is 10.8 Å². The average Bonchev–Trinajstić information content (AvgIpc) is 2.82. The zero-order valence-electron chi connectivity index (χ0n) is 18.8. The minimum atomic E-state index is -0.672. The Balaban J connectivity index is 1.77. The van der Waals surface area contributed by atoms with Crippen LogP contribution in [0.3, 0.4) is 0 Å². The van der Waals surface area contributed by atoms with Gasteiger partial charge in [0.25, 0.3) is 5.91 Å². The number of halogens is 2. The van der Waals surface area contributed by atoms with Crippen molar-refractivity contribution in [2.75, 3.05) is 13.2 Å². The number of benzene rings is 3. The maximum absolute atomic E-state index is 13.2. The molecule has 0 fully saturated rings. The standard InChI is InChI=1S/C26H28BrClN2O3/c1-3-4-15-29-26(32)18(2)30(16-20-10-6-8-12-22(20)28)24(31)17-33-23-14-13-19-9-5-7-11-21(19)25(23)27/h5-14,18H,3-4,15-17H2,1-2H3,(H,29,32). The average molecular weight is 532 g/mol. The van der Waals surface area contributed by atoms with E-state index in [0.29, 0.717) is 17.3 Å². The Morgan fingerprint density at radius 3 is 2.58 bits per heavy atom. The molecule has 0 aliphatic heterocycles. The quantitative estimate of drug-likeness (QED) is 0.328. The summed E-state index contributed by atoms with van der Waals surface area (Å²) in [6.07, 6.45) is 1.86. The number of amides is 2. The van der Waals surface area contributed by atoms with Gasteiger partial charge in [-0.2, -0.15) is 0 Å². The van der Waals surface area contributed by atoms with Crippen molar-refractivity contribution in [3.63, 3.8) is 0 Å². The number of unbranched alkanes of at least 4 members (excludes halogenated alkanes) is 1. The SMILES string of the molecule is CCCCNC(=O)C(C)N(Cc1ccccc1Cl)C(=O)COc1ccc2ccccc2c1Br. The van der Waals surface area contributed by atoms with Crippen molar-refractivity contribution in [2.45, 2.75) is 39.3 Å². The Kier molecular flexibility index (Phi) is 9.15. The number of hydrogen-bond donors (Lipinski definition) is 1. The molecule has 2 amide bonds. The molecule has 174 valence electrons. The fourth-order valence-electron chi connectivity index (χ4n) is 3.48. The van der Waals surface area contributed by atoms with Crippen molar-refractivity contribution in [1.29, 1.82) is 0 Å². The third-order valence-corrected chi connectivity index (χ3v) is 6.66. The van der Waals surface area contributed by atoms with E-state index in [1.165, 1.54) is 4.90 Å². The van der Waals surface area contributed by atoms with Gasteiger partial charge in [0.1, 0.15) is 11.8 Å². The molecule has 1 unspecified atom stereocenters. The molecule has 0 bridgehead atoms. The van der Waals surface area contributed by atoms with E-state index in [2.05, 4.69) is 28.2 Å². The molecule has 1 N–H and O–H groups in total. The van der Waals surface area contributed by atoms with Crippen LogP contribution >= 0.6 is 27.5 Å². The van der Waals surface area contributed by atoms with Crippen LogP contribution in [0.1, 0.15) is 32.3 Å². The largest absolute Gasteiger partial charge is 0.483 e. The predicted molar refractivity (Wildman–Crippen MR) is 137 cm³/mol. The summed E-state index contributed by atoms with van der Waals surface area (Å²) in [4.78, 5) is 27.5. The van der Waals surface area contributed by atoms with Gasteiger partial charge >= 0.3 is 0 Å². The van der Waals surface area contributed by atoms with Gasteiger partial charge in [0.05, 0.1) is 4.47 Å². The number of ether oxygens (including phenoxy) is 1. The summed E-state index contributed by atoms with van der Waals surface area (Å²) >= 11 is 9.92. The second-order valence-electron chi connectivity index (χ2n) is 7.82. The van der Waals surface area contributed by atoms with Gasteiger partial charge in [0, 0.05) is 18.1 Å². The molecule has 33 heavy (non-hydrogen) atoms. The minimum Gasteiger partial charge on any atom is -0.483 e. The summed E-state index contributed by atoms with van der Waals surface area (Å²) in [7, 11) is 0. The number of nitrogens with one attached hydrogen (secondary N) is 1. The maximum atomic E-state index is 13.2. The monoisotopic (exact) mass is 530 g/mol. The van der Waals surface area contributed by atoms with Crippen LogP contribution < -0.4 is 10.1 Å². The Labute approximate surface area is 208 Å². The van der Waals surface area contributed by atoms with Crippen molar-refractivity contribution in [2.24, 2.45) is 0 Å². The first-order valence-corrected chi connectivity index (χ1v) is 12.2. The topological polar surface area (TPSA) is 58.6 Å². The molecule has 3 aromatic carbocycles. The number of rotatable bonds is 10. The summed E-state index contributed by atoms with van der Waals surface area (Å²) < 4.78 is 6.67. The number of carbonyl (C=O) groups excluding carboxylic acids is 2. The fraction of sp³-hybridized carbons (Fsp3) is 0.308. The van der Waals surface area contributed by atoms with Crippen LogP contribution in [0.5, 0.6) is 5.75 Å². The van der Waals surface area contributed by atoms with E-state index in [-0.39, 0.29) is 25.0 Å². The normalized spacial score (nSPS) is 11.8. The smallest absolute Gasteiger partial charge is 0.261 e. The van der Waals surface area contributed by atoms with Gasteiger partial charge in [-0.3, -0.25) is 9.59 Å². The third kappa shape index (κ3) is 6.49. The first-order chi connectivity index (χ1) is 15.9. The van der Waals surface area contributed by atoms with Crippen molar-refractivity contribution in [3.8, 4) is 5.75 Å². The van der Waals surface area contributed by atoms with E-state index in [0.717, 1.165) is 33.7 Å². The highest BCUT2D eigenvalue weighted by Gasteiger charge is 2.27. The van der Waals surface area contributed by atoms with E-state index in [1.54, 1.807) is 13.0 Å². The molecule has 1 atom stereocenters. The molecule has 0 spiro atoms. The number of fused-ring (bicyclic) bond motifs is 1. The van der Waals surface area contributed by atoms with Crippen LogP contribution in [0.2, 0.25) is 5.02 Å². The second-order valence-corrected chi connectivity index (χ2v) is 9.02. The highest BCUT2D eigenvalue weighted by Crippen LogP contribution is 2.33. The van der Waals surface area contributed by atoms with E-state index in [1.807, 2.05) is 54.6 Å². The first-order valence-electron chi connectivity index (χ1n) is 11.0. The Morgan fingerprint density at radius 2 is 1.82 bits per heavy atom. The van der Waals surface area contributed by atoms with E-state index >= 15 is 0 Å². The molecule has 3 aromatic rings. The molecule has 0 aromatic heterocycles. The predicted octanol–water partition coefficient (Wildman–Crippen LogP) is 5.97. The Bertz CT molecular complexity index is 1120. The summed E-state index contributed by atoms with van der Waals surface area (Å²) in [5.41, 5.74) is 0.771. The Hall–Kier alpha value is -2.57. The summed E-state index contributed by atoms with van der Waals surface area (Å²) in [5.74, 6) is 0.0728. The number of nitrogens with zero attached hydrogens (tertiary/aromatic N) is 1. The van der Waals surface area contributed by atoms with Gasteiger partial charge < -0.3 is 15.0 Å². The maximum Gasteiger partial charge on any atom is 0.261 e. The van der Waals surface area contributed by atoms with E-state index < -0.39 is 6.04 Å². The molecule has 5 nitrogen and oxygen atoms in total. The van der Waals surface area contributed by atoms with Gasteiger partial charge in [-0.15, -0.1) is 0 Å². The van der Waals surface area contributed by atoms with Crippen LogP contribution in [0, 0.1) is 0 Å². The zero-order valence-corrected chi connectivity index (χ0v) is 21.2. The highest BCUT2D eigenvalue weighted by atomic mass is 79.9. The van der Waals surface area contributed by atoms with Crippen LogP contribution in [-0.2, 0) is 16.1 Å².